The highest BCUT2D eigenvalue weighted by Gasteiger charge is 2.49. The van der Waals surface area contributed by atoms with Crippen LogP contribution in [0.2, 0.25) is 0 Å². The number of ketones is 1. The summed E-state index contributed by atoms with van der Waals surface area (Å²) in [5.41, 5.74) is 0.208. The van der Waals surface area contributed by atoms with Crippen LogP contribution in [-0.2, 0) is 4.79 Å². The van der Waals surface area contributed by atoms with E-state index in [0.29, 0.717) is 5.78 Å². The Balaban J connectivity index is 2.10. The first-order valence-electron chi connectivity index (χ1n) is 4.26. The van der Waals surface area contributed by atoms with Crippen molar-refractivity contribution >= 4 is 5.78 Å². The van der Waals surface area contributed by atoms with Crippen LogP contribution in [0.4, 0.5) is 0 Å². The molecule has 1 spiro atoms. The third-order valence-corrected chi connectivity index (χ3v) is 3.13. The minimum atomic E-state index is 0.208. The summed E-state index contributed by atoms with van der Waals surface area (Å²) in [6.07, 6.45) is 5.59. The van der Waals surface area contributed by atoms with Crippen LogP contribution < -0.4 is 0 Å². The fourth-order valence-electron chi connectivity index (χ4n) is 2.70. The van der Waals surface area contributed by atoms with Crippen molar-refractivity contribution in [2.75, 3.05) is 0 Å². The van der Waals surface area contributed by atoms with Gasteiger partial charge in [-0.1, -0.05) is 6.92 Å². The third-order valence-electron chi connectivity index (χ3n) is 3.13. The highest BCUT2D eigenvalue weighted by molar-refractivity contribution is 5.87. The summed E-state index contributed by atoms with van der Waals surface area (Å²) in [6.45, 7) is 2.25. The molecule has 0 aliphatic heterocycles. The fourth-order valence-corrected chi connectivity index (χ4v) is 2.70. The van der Waals surface area contributed by atoms with Crippen LogP contribution >= 0.6 is 0 Å². The van der Waals surface area contributed by atoms with Crippen molar-refractivity contribution in [2.45, 2.75) is 39.0 Å². The van der Waals surface area contributed by atoms with Crippen molar-refractivity contribution in [3.63, 3.8) is 0 Å². The van der Waals surface area contributed by atoms with E-state index >= 15 is 0 Å². The molecule has 56 valence electrons. The second kappa shape index (κ2) is 1.84. The topological polar surface area (TPSA) is 17.1 Å². The molecule has 1 nitrogen and oxygen atoms in total. The zero-order valence-electron chi connectivity index (χ0n) is 6.52. The Morgan fingerprint density at radius 2 is 2.20 bits per heavy atom. The maximum atomic E-state index is 11.3. The molecule has 2 saturated carbocycles. The number of rotatable bonds is 0. The Bertz CT molecular complexity index is 166. The molecule has 0 heterocycles. The second-order valence-electron chi connectivity index (χ2n) is 4.07. The van der Waals surface area contributed by atoms with Crippen LogP contribution in [0.15, 0.2) is 0 Å². The van der Waals surface area contributed by atoms with Gasteiger partial charge in [-0.15, -0.1) is 0 Å². The Morgan fingerprint density at radius 1 is 1.50 bits per heavy atom. The molecule has 2 fully saturated rings. The Kier molecular flexibility index (Phi) is 1.17. The lowest BCUT2D eigenvalue weighted by molar-refractivity contribution is -0.132. The van der Waals surface area contributed by atoms with Gasteiger partial charge in [-0.3, -0.25) is 4.79 Å². The van der Waals surface area contributed by atoms with Crippen molar-refractivity contribution in [2.24, 2.45) is 11.3 Å². The van der Waals surface area contributed by atoms with Gasteiger partial charge in [0.25, 0.3) is 0 Å². The Morgan fingerprint density at radius 3 is 2.60 bits per heavy atom. The molecule has 0 radical (unpaired) electrons. The molecule has 0 saturated heterocycles. The summed E-state index contributed by atoms with van der Waals surface area (Å²) in [5.74, 6) is 1.38. The molecule has 0 N–H and O–H groups in total. The standard InChI is InChI=1S/C9H14O/c1-7-5-9(6-7)4-2-3-8(9)10/h7H,2-6H2,1H3. The number of hydrogen-bond acceptors (Lipinski definition) is 1. The van der Waals surface area contributed by atoms with Crippen LogP contribution in [0.1, 0.15) is 39.0 Å². The van der Waals surface area contributed by atoms with Crippen molar-refractivity contribution < 1.29 is 4.79 Å². The lowest BCUT2D eigenvalue weighted by Gasteiger charge is -2.42. The average molecular weight is 138 g/mol. The highest BCUT2D eigenvalue weighted by Crippen LogP contribution is 2.53. The van der Waals surface area contributed by atoms with E-state index in [1.54, 1.807) is 0 Å². The quantitative estimate of drug-likeness (QED) is 0.501. The molecule has 2 aliphatic rings. The zero-order valence-corrected chi connectivity index (χ0v) is 6.52. The highest BCUT2D eigenvalue weighted by atomic mass is 16.1. The average Bonchev–Trinajstić information content (AvgIpc) is 2.12. The van der Waals surface area contributed by atoms with Crippen molar-refractivity contribution in [1.29, 1.82) is 0 Å². The molecule has 2 rings (SSSR count). The Labute approximate surface area is 61.8 Å². The molecule has 10 heavy (non-hydrogen) atoms. The number of carbonyl (C=O) groups is 1. The minimum Gasteiger partial charge on any atom is -0.299 e. The molecule has 1 heteroatoms. The van der Waals surface area contributed by atoms with Crippen LogP contribution in [0.3, 0.4) is 0 Å². The van der Waals surface area contributed by atoms with E-state index < -0.39 is 0 Å². The molecule has 0 aromatic heterocycles. The predicted octanol–water partition coefficient (Wildman–Crippen LogP) is 2.16. The van der Waals surface area contributed by atoms with E-state index in [0.717, 1.165) is 18.8 Å². The van der Waals surface area contributed by atoms with Gasteiger partial charge >= 0.3 is 0 Å². The molecular formula is C9H14O. The predicted molar refractivity (Wildman–Crippen MR) is 39.7 cm³/mol. The van der Waals surface area contributed by atoms with Crippen molar-refractivity contribution in [1.82, 2.24) is 0 Å². The van der Waals surface area contributed by atoms with E-state index in [1.165, 1.54) is 19.3 Å². The number of carbonyl (C=O) groups excluding carboxylic acids is 1. The van der Waals surface area contributed by atoms with Gasteiger partial charge in [0, 0.05) is 11.8 Å². The first-order valence-corrected chi connectivity index (χ1v) is 4.26. The molecule has 0 aromatic carbocycles. The molecular weight excluding hydrogens is 124 g/mol. The van der Waals surface area contributed by atoms with E-state index in [-0.39, 0.29) is 5.41 Å². The van der Waals surface area contributed by atoms with Gasteiger partial charge in [0.2, 0.25) is 0 Å². The maximum absolute atomic E-state index is 11.3. The van der Waals surface area contributed by atoms with Crippen LogP contribution in [0.25, 0.3) is 0 Å². The van der Waals surface area contributed by atoms with Crippen molar-refractivity contribution in [3.8, 4) is 0 Å². The summed E-state index contributed by atoms with van der Waals surface area (Å²) in [6, 6.07) is 0. The van der Waals surface area contributed by atoms with Gasteiger partial charge in [-0.2, -0.15) is 0 Å². The lowest BCUT2D eigenvalue weighted by Crippen LogP contribution is -2.39. The molecule has 0 atom stereocenters. The van der Waals surface area contributed by atoms with Gasteiger partial charge < -0.3 is 0 Å². The minimum absolute atomic E-state index is 0.208. The first kappa shape index (κ1) is 6.38. The molecule has 0 amide bonds. The maximum Gasteiger partial charge on any atom is 0.139 e. The van der Waals surface area contributed by atoms with E-state index in [4.69, 9.17) is 0 Å². The third kappa shape index (κ3) is 0.664. The molecule has 0 unspecified atom stereocenters. The number of hydrogen-bond donors (Lipinski definition) is 0. The fraction of sp³-hybridized carbons (Fsp3) is 0.889. The largest absolute Gasteiger partial charge is 0.299 e. The Hall–Kier alpha value is -0.330. The normalized spacial score (nSPS) is 46.1. The van der Waals surface area contributed by atoms with E-state index in [9.17, 15) is 4.79 Å². The SMILES string of the molecule is CC1CC2(CCCC2=O)C1. The second-order valence-corrected chi connectivity index (χ2v) is 4.07. The summed E-state index contributed by atoms with van der Waals surface area (Å²) in [4.78, 5) is 11.3. The monoisotopic (exact) mass is 138 g/mol. The van der Waals surface area contributed by atoms with Crippen molar-refractivity contribution in [3.05, 3.63) is 0 Å². The smallest absolute Gasteiger partial charge is 0.139 e. The lowest BCUT2D eigenvalue weighted by atomic mass is 9.61. The van der Waals surface area contributed by atoms with Crippen LogP contribution in [-0.4, -0.2) is 5.78 Å². The first-order chi connectivity index (χ1) is 4.73. The van der Waals surface area contributed by atoms with E-state index in [2.05, 4.69) is 6.92 Å². The molecule has 0 aromatic rings. The van der Waals surface area contributed by atoms with Gasteiger partial charge in [0.1, 0.15) is 5.78 Å². The zero-order chi connectivity index (χ0) is 7.19. The summed E-state index contributed by atoms with van der Waals surface area (Å²) < 4.78 is 0. The molecule has 2 aliphatic carbocycles. The van der Waals surface area contributed by atoms with Crippen LogP contribution in [0, 0.1) is 11.3 Å². The summed E-state index contributed by atoms with van der Waals surface area (Å²) >= 11 is 0. The van der Waals surface area contributed by atoms with Gasteiger partial charge in [0.15, 0.2) is 0 Å². The van der Waals surface area contributed by atoms with Gasteiger partial charge in [0.05, 0.1) is 0 Å². The van der Waals surface area contributed by atoms with Crippen LogP contribution in [0.5, 0.6) is 0 Å². The summed E-state index contributed by atoms with van der Waals surface area (Å²) in [5, 5.41) is 0. The van der Waals surface area contributed by atoms with Gasteiger partial charge in [-0.25, -0.2) is 0 Å². The van der Waals surface area contributed by atoms with Gasteiger partial charge in [-0.05, 0) is 31.6 Å². The summed E-state index contributed by atoms with van der Waals surface area (Å²) in [7, 11) is 0. The number of Topliss-reactive ketones (excluding diaryl/α,β-unsaturated/α-hetero) is 1. The van der Waals surface area contributed by atoms with E-state index in [1.807, 2.05) is 0 Å². The molecule has 0 bridgehead atoms.